The third-order valence-electron chi connectivity index (χ3n) is 4.77. The Bertz CT molecular complexity index is 1090. The standard InChI is InChI=1S/C17H20N10O/c1-11-19-9-12(20-11)10-25-4-6-26(7-5-25)16-22-15(18)27-17(23-16)21-14(24-27)13-3-2-8-28-13/h2-3,8-9H,4-7,10H2,1H3,(H,19,20)(H2,18,21,22,23,24). The molecule has 144 valence electrons. The quantitative estimate of drug-likeness (QED) is 0.525. The third kappa shape index (κ3) is 3.05. The molecule has 1 aliphatic rings. The lowest BCUT2D eigenvalue weighted by molar-refractivity contribution is 0.246. The summed E-state index contributed by atoms with van der Waals surface area (Å²) in [6, 6.07) is 3.57. The Balaban J connectivity index is 1.32. The second kappa shape index (κ2) is 6.60. The number of fused-ring (bicyclic) bond motifs is 1. The number of nitrogen functional groups attached to an aromatic ring is 1. The van der Waals surface area contributed by atoms with E-state index >= 15 is 0 Å². The Morgan fingerprint density at radius 3 is 2.75 bits per heavy atom. The van der Waals surface area contributed by atoms with Crippen LogP contribution >= 0.6 is 0 Å². The highest BCUT2D eigenvalue weighted by Crippen LogP contribution is 2.19. The number of nitrogens with one attached hydrogen (secondary N) is 1. The summed E-state index contributed by atoms with van der Waals surface area (Å²) in [6.45, 7) is 6.23. The maximum atomic E-state index is 6.09. The Hall–Kier alpha value is -3.47. The van der Waals surface area contributed by atoms with E-state index in [0.717, 1.165) is 44.2 Å². The van der Waals surface area contributed by atoms with E-state index in [0.29, 0.717) is 23.3 Å². The molecule has 0 aliphatic carbocycles. The second-order valence-electron chi connectivity index (χ2n) is 6.76. The number of H-pyrrole nitrogens is 1. The summed E-state index contributed by atoms with van der Waals surface area (Å²) in [5.74, 6) is 3.16. The van der Waals surface area contributed by atoms with E-state index in [9.17, 15) is 0 Å². The van der Waals surface area contributed by atoms with E-state index < -0.39 is 0 Å². The molecule has 0 spiro atoms. The van der Waals surface area contributed by atoms with Crippen LogP contribution in [0.25, 0.3) is 17.4 Å². The van der Waals surface area contributed by atoms with Gasteiger partial charge in [-0.3, -0.25) is 4.90 Å². The first-order chi connectivity index (χ1) is 13.7. The number of hydrogen-bond donors (Lipinski definition) is 2. The Morgan fingerprint density at radius 2 is 2.04 bits per heavy atom. The molecule has 3 N–H and O–H groups in total. The summed E-state index contributed by atoms with van der Waals surface area (Å²) >= 11 is 0. The number of nitrogens with two attached hydrogens (primary N) is 1. The first kappa shape index (κ1) is 16.7. The van der Waals surface area contributed by atoms with Crippen molar-refractivity contribution in [3.63, 3.8) is 0 Å². The molecule has 4 aromatic rings. The van der Waals surface area contributed by atoms with Gasteiger partial charge in [0.1, 0.15) is 5.82 Å². The van der Waals surface area contributed by atoms with Crippen LogP contribution in [0.15, 0.2) is 29.0 Å². The molecule has 11 heteroatoms. The molecule has 0 amide bonds. The normalized spacial score (nSPS) is 15.5. The lowest BCUT2D eigenvalue weighted by atomic mass is 10.3. The number of furan rings is 1. The van der Waals surface area contributed by atoms with Crippen molar-refractivity contribution in [3.05, 3.63) is 36.1 Å². The lowest BCUT2D eigenvalue weighted by Gasteiger charge is -2.34. The molecule has 0 bridgehead atoms. The van der Waals surface area contributed by atoms with Crippen molar-refractivity contribution in [1.29, 1.82) is 0 Å². The van der Waals surface area contributed by atoms with Gasteiger partial charge in [0.05, 0.1) is 6.26 Å². The summed E-state index contributed by atoms with van der Waals surface area (Å²) in [6.07, 6.45) is 3.47. The van der Waals surface area contributed by atoms with Crippen molar-refractivity contribution in [2.24, 2.45) is 0 Å². The average molecular weight is 380 g/mol. The molecule has 1 fully saturated rings. The van der Waals surface area contributed by atoms with Gasteiger partial charge in [-0.15, -0.1) is 5.10 Å². The Labute approximate surface area is 160 Å². The van der Waals surface area contributed by atoms with Crippen LogP contribution in [0.1, 0.15) is 11.5 Å². The average Bonchev–Trinajstić information content (AvgIpc) is 3.42. The van der Waals surface area contributed by atoms with Gasteiger partial charge in [-0.25, -0.2) is 4.98 Å². The number of rotatable bonds is 4. The molecule has 1 saturated heterocycles. The summed E-state index contributed by atoms with van der Waals surface area (Å²) < 4.78 is 6.78. The molecule has 5 heterocycles. The molecule has 11 nitrogen and oxygen atoms in total. The molecule has 0 atom stereocenters. The number of anilines is 2. The summed E-state index contributed by atoms with van der Waals surface area (Å²) in [4.78, 5) is 25.4. The van der Waals surface area contributed by atoms with E-state index in [1.54, 1.807) is 18.4 Å². The molecular weight excluding hydrogens is 360 g/mol. The zero-order valence-electron chi connectivity index (χ0n) is 15.4. The SMILES string of the molecule is Cc1ncc(CN2CCN(c3nc(N)n4nc(-c5ccco5)nc4n3)CC2)[nH]1. The van der Waals surface area contributed by atoms with Gasteiger partial charge in [0.2, 0.25) is 17.7 Å². The maximum absolute atomic E-state index is 6.09. The summed E-state index contributed by atoms with van der Waals surface area (Å²) in [7, 11) is 0. The molecule has 28 heavy (non-hydrogen) atoms. The number of imidazole rings is 1. The molecule has 0 saturated carbocycles. The van der Waals surface area contributed by atoms with Crippen LogP contribution in [0.2, 0.25) is 0 Å². The number of nitrogens with zero attached hydrogens (tertiary/aromatic N) is 8. The number of piperazine rings is 1. The number of aryl methyl sites for hydroxylation is 1. The van der Waals surface area contributed by atoms with Gasteiger partial charge in [-0.05, 0) is 19.1 Å². The smallest absolute Gasteiger partial charge is 0.259 e. The molecule has 5 rings (SSSR count). The van der Waals surface area contributed by atoms with Gasteiger partial charge in [0, 0.05) is 44.6 Å². The minimum Gasteiger partial charge on any atom is -0.461 e. The van der Waals surface area contributed by atoms with E-state index in [-0.39, 0.29) is 5.95 Å². The van der Waals surface area contributed by atoms with E-state index in [1.165, 1.54) is 4.52 Å². The van der Waals surface area contributed by atoms with Crippen molar-refractivity contribution in [2.75, 3.05) is 36.8 Å². The van der Waals surface area contributed by atoms with Crippen LogP contribution in [0.3, 0.4) is 0 Å². The van der Waals surface area contributed by atoms with Gasteiger partial charge < -0.3 is 20.0 Å². The monoisotopic (exact) mass is 380 g/mol. The van der Waals surface area contributed by atoms with Crippen LogP contribution in [0, 0.1) is 6.92 Å². The van der Waals surface area contributed by atoms with Crippen LogP contribution in [0.4, 0.5) is 11.9 Å². The maximum Gasteiger partial charge on any atom is 0.259 e. The van der Waals surface area contributed by atoms with E-state index in [4.69, 9.17) is 10.2 Å². The van der Waals surface area contributed by atoms with Gasteiger partial charge in [-0.2, -0.15) is 19.5 Å². The molecular formula is C17H20N10O. The van der Waals surface area contributed by atoms with Crippen molar-refractivity contribution < 1.29 is 4.42 Å². The topological polar surface area (TPSA) is 130 Å². The molecule has 0 unspecified atom stereocenters. The van der Waals surface area contributed by atoms with Crippen molar-refractivity contribution in [3.8, 4) is 11.6 Å². The van der Waals surface area contributed by atoms with Crippen LogP contribution in [0.5, 0.6) is 0 Å². The highest BCUT2D eigenvalue weighted by Gasteiger charge is 2.22. The van der Waals surface area contributed by atoms with Crippen molar-refractivity contribution >= 4 is 17.7 Å². The van der Waals surface area contributed by atoms with Gasteiger partial charge in [0.25, 0.3) is 5.78 Å². The van der Waals surface area contributed by atoms with Crippen LogP contribution < -0.4 is 10.6 Å². The first-order valence-electron chi connectivity index (χ1n) is 9.08. The zero-order chi connectivity index (χ0) is 19.1. The minimum absolute atomic E-state index is 0.251. The summed E-state index contributed by atoms with van der Waals surface area (Å²) in [5.41, 5.74) is 7.22. The highest BCUT2D eigenvalue weighted by molar-refractivity contribution is 5.53. The number of hydrogen-bond acceptors (Lipinski definition) is 9. The molecule has 1 aliphatic heterocycles. The molecule has 0 radical (unpaired) electrons. The lowest BCUT2D eigenvalue weighted by Crippen LogP contribution is -2.46. The predicted octanol–water partition coefficient (Wildman–Crippen LogP) is 0.715. The Morgan fingerprint density at radius 1 is 1.18 bits per heavy atom. The fourth-order valence-electron chi connectivity index (χ4n) is 3.34. The minimum atomic E-state index is 0.251. The number of aromatic amines is 1. The highest BCUT2D eigenvalue weighted by atomic mass is 16.3. The van der Waals surface area contributed by atoms with E-state index in [1.807, 2.05) is 13.1 Å². The predicted molar refractivity (Wildman–Crippen MR) is 102 cm³/mol. The van der Waals surface area contributed by atoms with Gasteiger partial charge in [0.15, 0.2) is 5.76 Å². The fourth-order valence-corrected chi connectivity index (χ4v) is 3.34. The third-order valence-corrected chi connectivity index (χ3v) is 4.77. The van der Waals surface area contributed by atoms with Crippen molar-refractivity contribution in [1.82, 2.24) is 39.4 Å². The second-order valence-corrected chi connectivity index (χ2v) is 6.76. The largest absolute Gasteiger partial charge is 0.461 e. The van der Waals surface area contributed by atoms with Crippen LogP contribution in [-0.2, 0) is 6.54 Å². The van der Waals surface area contributed by atoms with Crippen LogP contribution in [-0.4, -0.2) is 65.6 Å². The van der Waals surface area contributed by atoms with Gasteiger partial charge in [-0.1, -0.05) is 0 Å². The first-order valence-corrected chi connectivity index (χ1v) is 9.08. The number of aromatic nitrogens is 7. The van der Waals surface area contributed by atoms with Crippen molar-refractivity contribution in [2.45, 2.75) is 13.5 Å². The molecule has 0 aromatic carbocycles. The Kier molecular flexibility index (Phi) is 3.93. The fraction of sp³-hybridized carbons (Fsp3) is 0.353. The molecule has 4 aromatic heterocycles. The summed E-state index contributed by atoms with van der Waals surface area (Å²) in [5, 5.41) is 4.33. The van der Waals surface area contributed by atoms with Gasteiger partial charge >= 0.3 is 0 Å². The van der Waals surface area contributed by atoms with E-state index in [2.05, 4.69) is 39.8 Å². The zero-order valence-corrected chi connectivity index (χ0v) is 15.4.